The number of azide groups is 1. The number of benzene rings is 3. The van der Waals surface area contributed by atoms with Gasteiger partial charge in [-0.3, -0.25) is 0 Å². The van der Waals surface area contributed by atoms with Gasteiger partial charge in [-0.25, -0.2) is 14.4 Å². The molecule has 3 aromatic rings. The van der Waals surface area contributed by atoms with E-state index in [1.807, 2.05) is 0 Å². The largest absolute Gasteiger partial charge is 0.452 e. The van der Waals surface area contributed by atoms with Crippen LogP contribution in [0.3, 0.4) is 0 Å². The average Bonchev–Trinajstić information content (AvgIpc) is 2.99. The van der Waals surface area contributed by atoms with Gasteiger partial charge in [0.2, 0.25) is 0 Å². The summed E-state index contributed by atoms with van der Waals surface area (Å²) in [4.78, 5) is 42.0. The van der Waals surface area contributed by atoms with Crippen LogP contribution in [0, 0.1) is 0 Å². The van der Waals surface area contributed by atoms with Gasteiger partial charge >= 0.3 is 17.9 Å². The number of nitrogens with zero attached hydrogens (tertiary/aromatic N) is 3. The summed E-state index contributed by atoms with van der Waals surface area (Å²) in [6.07, 6.45) is -6.44. The van der Waals surface area contributed by atoms with Crippen LogP contribution in [0.15, 0.2) is 96.1 Å². The minimum absolute atomic E-state index is 0.214. The summed E-state index contributed by atoms with van der Waals surface area (Å²) < 4.78 is 28.7. The van der Waals surface area contributed by atoms with E-state index in [2.05, 4.69) is 10.0 Å². The Labute approximate surface area is 223 Å². The van der Waals surface area contributed by atoms with Gasteiger partial charge in [-0.15, -0.1) is 0 Å². The first-order chi connectivity index (χ1) is 19.0. The molecule has 1 heterocycles. The molecule has 0 aromatic heterocycles. The number of ether oxygens (including phenoxy) is 5. The second kappa shape index (κ2) is 13.2. The highest BCUT2D eigenvalue weighted by Crippen LogP contribution is 2.31. The van der Waals surface area contributed by atoms with Crippen LogP contribution >= 0.6 is 0 Å². The lowest BCUT2D eigenvalue weighted by Crippen LogP contribution is -2.62. The van der Waals surface area contributed by atoms with Crippen LogP contribution in [0.25, 0.3) is 10.4 Å². The quantitative estimate of drug-likeness (QED) is 0.130. The van der Waals surface area contributed by atoms with E-state index < -0.39 is 48.6 Å². The normalized spacial score (nSPS) is 22.1. The molecule has 0 saturated carbocycles. The second-order valence-electron chi connectivity index (χ2n) is 8.40. The van der Waals surface area contributed by atoms with E-state index >= 15 is 0 Å². The molecule has 200 valence electrons. The summed E-state index contributed by atoms with van der Waals surface area (Å²) >= 11 is 0. The molecule has 3 aromatic carbocycles. The first-order valence-corrected chi connectivity index (χ1v) is 12.0. The van der Waals surface area contributed by atoms with Crippen molar-refractivity contribution in [3.8, 4) is 0 Å². The Kier molecular flexibility index (Phi) is 9.25. The van der Waals surface area contributed by atoms with Crippen molar-refractivity contribution < 1.29 is 38.1 Å². The molecule has 1 aliphatic rings. The molecule has 4 rings (SSSR count). The van der Waals surface area contributed by atoms with Crippen molar-refractivity contribution in [3.05, 3.63) is 118 Å². The van der Waals surface area contributed by atoms with E-state index in [9.17, 15) is 14.4 Å². The highest BCUT2D eigenvalue weighted by Gasteiger charge is 2.52. The predicted octanol–water partition coefficient (Wildman–Crippen LogP) is 4.34. The van der Waals surface area contributed by atoms with Crippen LogP contribution in [0.1, 0.15) is 31.1 Å². The third kappa shape index (κ3) is 6.79. The van der Waals surface area contributed by atoms with Gasteiger partial charge in [0.1, 0.15) is 6.10 Å². The fourth-order valence-electron chi connectivity index (χ4n) is 4.03. The average molecular weight is 532 g/mol. The zero-order chi connectivity index (χ0) is 27.6. The van der Waals surface area contributed by atoms with Crippen LogP contribution in [0.2, 0.25) is 0 Å². The lowest BCUT2D eigenvalue weighted by atomic mass is 9.97. The Morgan fingerprint density at radius 3 is 1.54 bits per heavy atom. The lowest BCUT2D eigenvalue weighted by Gasteiger charge is -2.44. The molecule has 39 heavy (non-hydrogen) atoms. The summed E-state index contributed by atoms with van der Waals surface area (Å²) in [6.45, 7) is -0.290. The van der Waals surface area contributed by atoms with Gasteiger partial charge in [0.15, 0.2) is 24.6 Å². The Balaban J connectivity index is 1.72. The van der Waals surface area contributed by atoms with E-state index in [-0.39, 0.29) is 23.2 Å². The van der Waals surface area contributed by atoms with Gasteiger partial charge in [-0.05, 0) is 41.9 Å². The smallest absolute Gasteiger partial charge is 0.338 e. The molecule has 0 N–H and O–H groups in total. The van der Waals surface area contributed by atoms with Crippen LogP contribution in [0.5, 0.6) is 0 Å². The fraction of sp³-hybridized carbons (Fsp3) is 0.250. The van der Waals surface area contributed by atoms with Gasteiger partial charge in [0, 0.05) is 12.0 Å². The van der Waals surface area contributed by atoms with Crippen molar-refractivity contribution in [1.29, 1.82) is 0 Å². The topological polar surface area (TPSA) is 146 Å². The maximum absolute atomic E-state index is 13.2. The van der Waals surface area contributed by atoms with Gasteiger partial charge < -0.3 is 23.7 Å². The summed E-state index contributed by atoms with van der Waals surface area (Å²) in [7, 11) is 1.31. The molecule has 1 aliphatic heterocycles. The van der Waals surface area contributed by atoms with E-state index in [4.69, 9.17) is 29.2 Å². The molecule has 0 amide bonds. The van der Waals surface area contributed by atoms with Crippen molar-refractivity contribution >= 4 is 17.9 Å². The molecular weight excluding hydrogens is 506 g/mol. The van der Waals surface area contributed by atoms with E-state index in [0.717, 1.165) is 0 Å². The summed E-state index contributed by atoms with van der Waals surface area (Å²) in [5, 5.41) is 3.56. The van der Waals surface area contributed by atoms with E-state index in [1.54, 1.807) is 91.0 Å². The standard InChI is InChI=1S/C28H25N3O8/c1-35-28-24(39-27(34)20-15-9-4-10-16-20)23(38-26(33)19-13-7-3-8-14-19)22(21(36-28)17-30-31-29)37-25(32)18-11-5-2-6-12-18/h2-16,21-24,28H,17H2,1H3/t21?,22-,23?,24-,28+/m1/s1. The highest BCUT2D eigenvalue weighted by molar-refractivity contribution is 5.91. The van der Waals surface area contributed by atoms with E-state index in [0.29, 0.717) is 0 Å². The third-order valence-electron chi connectivity index (χ3n) is 5.91. The van der Waals surface area contributed by atoms with Gasteiger partial charge in [0.25, 0.3) is 0 Å². The van der Waals surface area contributed by atoms with Crippen LogP contribution < -0.4 is 0 Å². The molecule has 0 spiro atoms. The molecule has 1 fully saturated rings. The summed E-state index contributed by atoms with van der Waals surface area (Å²) in [6, 6.07) is 24.4. The Morgan fingerprint density at radius 1 is 0.718 bits per heavy atom. The van der Waals surface area contributed by atoms with Crippen molar-refractivity contribution in [1.82, 2.24) is 0 Å². The van der Waals surface area contributed by atoms with Crippen LogP contribution in [-0.2, 0) is 23.7 Å². The molecule has 2 unspecified atom stereocenters. The second-order valence-corrected chi connectivity index (χ2v) is 8.40. The maximum atomic E-state index is 13.2. The fourth-order valence-corrected chi connectivity index (χ4v) is 4.03. The predicted molar refractivity (Wildman–Crippen MR) is 137 cm³/mol. The molecule has 0 bridgehead atoms. The summed E-state index contributed by atoms with van der Waals surface area (Å²) in [5.41, 5.74) is 9.60. The van der Waals surface area contributed by atoms with Crippen molar-refractivity contribution in [2.75, 3.05) is 13.7 Å². The Morgan fingerprint density at radius 2 is 1.13 bits per heavy atom. The Bertz CT molecular complexity index is 1320. The summed E-state index contributed by atoms with van der Waals surface area (Å²) in [5.74, 6) is -2.25. The number of rotatable bonds is 9. The molecular formula is C28H25N3O8. The van der Waals surface area contributed by atoms with Crippen LogP contribution in [-0.4, -0.2) is 62.3 Å². The minimum Gasteiger partial charge on any atom is -0.452 e. The molecule has 5 atom stereocenters. The van der Waals surface area contributed by atoms with Gasteiger partial charge in [0.05, 0.1) is 23.2 Å². The van der Waals surface area contributed by atoms with Crippen molar-refractivity contribution in [2.45, 2.75) is 30.7 Å². The molecule has 0 aliphatic carbocycles. The van der Waals surface area contributed by atoms with Crippen LogP contribution in [0.4, 0.5) is 0 Å². The van der Waals surface area contributed by atoms with Crippen molar-refractivity contribution in [3.63, 3.8) is 0 Å². The van der Waals surface area contributed by atoms with Gasteiger partial charge in [-0.2, -0.15) is 0 Å². The minimum atomic E-state index is -1.39. The third-order valence-corrected chi connectivity index (χ3v) is 5.91. The lowest BCUT2D eigenvalue weighted by molar-refractivity contribution is -0.285. The SMILES string of the molecule is CO[C@H]1OC(CN=[N+]=[N-])[C@@H](OC(=O)c2ccccc2)C(OC(=O)c2ccccc2)[C@H]1OC(=O)c1ccccc1. The number of esters is 3. The number of methoxy groups -OCH3 is 1. The van der Waals surface area contributed by atoms with Gasteiger partial charge in [-0.1, -0.05) is 59.7 Å². The number of hydrogen-bond donors (Lipinski definition) is 0. The highest BCUT2D eigenvalue weighted by atomic mass is 16.7. The molecule has 1 saturated heterocycles. The zero-order valence-corrected chi connectivity index (χ0v) is 20.9. The van der Waals surface area contributed by atoms with Crippen molar-refractivity contribution in [2.24, 2.45) is 5.11 Å². The first-order valence-electron chi connectivity index (χ1n) is 12.0. The molecule has 11 nitrogen and oxygen atoms in total. The number of carbonyl (C=O) groups excluding carboxylic acids is 3. The molecule has 11 heteroatoms. The first kappa shape index (κ1) is 27.3. The van der Waals surface area contributed by atoms with E-state index in [1.165, 1.54) is 7.11 Å². The zero-order valence-electron chi connectivity index (χ0n) is 20.9. The maximum Gasteiger partial charge on any atom is 0.338 e. The number of hydrogen-bond acceptors (Lipinski definition) is 9. The number of carbonyl (C=O) groups is 3. The molecule has 0 radical (unpaired) electrons. The Hall–Kier alpha value is -4.70. The monoisotopic (exact) mass is 531 g/mol.